The maximum atomic E-state index is 8.90. The molecule has 2 nitrogen and oxygen atoms in total. The number of nitriles is 1. The van der Waals surface area contributed by atoms with Crippen LogP contribution in [-0.4, -0.2) is 6.54 Å². The van der Waals surface area contributed by atoms with Crippen LogP contribution in [0.3, 0.4) is 0 Å². The minimum atomic E-state index is -0.192. The number of nitrogens with one attached hydrogen (secondary N) is 1. The van der Waals surface area contributed by atoms with Crippen molar-refractivity contribution in [3.63, 3.8) is 0 Å². The van der Waals surface area contributed by atoms with Crippen LogP contribution in [0.4, 0.5) is 0 Å². The Bertz CT molecular complexity index is 407. The molecule has 0 bridgehead atoms. The number of hydrogen-bond donors (Lipinski definition) is 1. The molecule has 1 N–H and O–H groups in total. The fraction of sp³-hybridized carbons (Fsp3) is 0.533. The molecule has 0 aliphatic carbocycles. The van der Waals surface area contributed by atoms with Crippen molar-refractivity contribution in [1.82, 2.24) is 5.32 Å². The maximum absolute atomic E-state index is 8.90. The van der Waals surface area contributed by atoms with E-state index in [1.165, 1.54) is 0 Å². The van der Waals surface area contributed by atoms with Crippen molar-refractivity contribution in [3.05, 3.63) is 34.9 Å². The number of benzene rings is 1. The minimum absolute atomic E-state index is 0.192. The first-order valence-electron chi connectivity index (χ1n) is 6.40. The van der Waals surface area contributed by atoms with Crippen LogP contribution in [-0.2, 0) is 6.54 Å². The lowest BCUT2D eigenvalue weighted by Crippen LogP contribution is -2.16. The van der Waals surface area contributed by atoms with E-state index in [1.54, 1.807) is 0 Å². The highest BCUT2D eigenvalue weighted by Crippen LogP contribution is 2.21. The molecular formula is C15H21ClN2. The molecule has 0 heterocycles. The molecule has 1 aromatic carbocycles. The molecule has 18 heavy (non-hydrogen) atoms. The van der Waals surface area contributed by atoms with E-state index >= 15 is 0 Å². The minimum Gasteiger partial charge on any atom is -0.313 e. The summed E-state index contributed by atoms with van der Waals surface area (Å²) < 4.78 is 0. The molecule has 0 radical (unpaired) electrons. The highest BCUT2D eigenvalue weighted by molar-refractivity contribution is 6.31. The van der Waals surface area contributed by atoms with Gasteiger partial charge < -0.3 is 5.32 Å². The Hall–Kier alpha value is -1.04. The van der Waals surface area contributed by atoms with Gasteiger partial charge in [0, 0.05) is 11.6 Å². The quantitative estimate of drug-likeness (QED) is 0.751. The van der Waals surface area contributed by atoms with Gasteiger partial charge in [-0.25, -0.2) is 0 Å². The number of hydrogen-bond acceptors (Lipinski definition) is 2. The van der Waals surface area contributed by atoms with Gasteiger partial charge in [-0.1, -0.05) is 36.2 Å². The Kier molecular flexibility index (Phi) is 6.18. The fourth-order valence-electron chi connectivity index (χ4n) is 1.74. The van der Waals surface area contributed by atoms with E-state index in [1.807, 2.05) is 38.1 Å². The van der Waals surface area contributed by atoms with Gasteiger partial charge in [-0.2, -0.15) is 5.26 Å². The van der Waals surface area contributed by atoms with Gasteiger partial charge >= 0.3 is 0 Å². The van der Waals surface area contributed by atoms with Crippen LogP contribution in [0.1, 0.15) is 38.7 Å². The molecule has 3 heteroatoms. The van der Waals surface area contributed by atoms with Crippen molar-refractivity contribution in [3.8, 4) is 6.07 Å². The van der Waals surface area contributed by atoms with Crippen molar-refractivity contribution in [1.29, 1.82) is 5.26 Å². The summed E-state index contributed by atoms with van der Waals surface area (Å²) in [5.74, 6) is 0. The second kappa shape index (κ2) is 7.41. The summed E-state index contributed by atoms with van der Waals surface area (Å²) in [7, 11) is 0. The van der Waals surface area contributed by atoms with E-state index in [0.717, 1.165) is 42.9 Å². The molecule has 0 aliphatic rings. The lowest BCUT2D eigenvalue weighted by Gasteiger charge is -2.14. The molecule has 98 valence electrons. The Morgan fingerprint density at radius 2 is 2.00 bits per heavy atom. The third-order valence-electron chi connectivity index (χ3n) is 2.98. The second-order valence-electron chi connectivity index (χ2n) is 5.22. The highest BCUT2D eigenvalue weighted by Gasteiger charge is 2.15. The summed E-state index contributed by atoms with van der Waals surface area (Å²) in [4.78, 5) is 0. The molecule has 0 unspecified atom stereocenters. The van der Waals surface area contributed by atoms with Crippen molar-refractivity contribution < 1.29 is 0 Å². The van der Waals surface area contributed by atoms with Crippen LogP contribution >= 0.6 is 11.6 Å². The summed E-state index contributed by atoms with van der Waals surface area (Å²) in [6.07, 6.45) is 3.13. The average molecular weight is 265 g/mol. The van der Waals surface area contributed by atoms with Crippen LogP contribution < -0.4 is 5.32 Å². The SMILES string of the molecule is CC(C)(C#N)CCCCNCc1ccccc1Cl. The van der Waals surface area contributed by atoms with Gasteiger partial charge in [0.2, 0.25) is 0 Å². The third-order valence-corrected chi connectivity index (χ3v) is 3.35. The topological polar surface area (TPSA) is 35.8 Å². The van der Waals surface area contributed by atoms with E-state index in [0.29, 0.717) is 0 Å². The van der Waals surface area contributed by atoms with Crippen molar-refractivity contribution in [2.75, 3.05) is 6.54 Å². The van der Waals surface area contributed by atoms with E-state index < -0.39 is 0 Å². The van der Waals surface area contributed by atoms with E-state index in [9.17, 15) is 0 Å². The Morgan fingerprint density at radius 1 is 1.28 bits per heavy atom. The predicted octanol–water partition coefficient (Wildman–Crippen LogP) is 4.15. The summed E-state index contributed by atoms with van der Waals surface area (Å²) in [6, 6.07) is 10.2. The van der Waals surface area contributed by atoms with Gasteiger partial charge in [-0.3, -0.25) is 0 Å². The summed E-state index contributed by atoms with van der Waals surface area (Å²) in [5, 5.41) is 13.1. The summed E-state index contributed by atoms with van der Waals surface area (Å²) in [5.41, 5.74) is 0.944. The van der Waals surface area contributed by atoms with Gasteiger partial charge in [-0.05, 0) is 44.9 Å². The highest BCUT2D eigenvalue weighted by atomic mass is 35.5. The molecule has 0 aliphatic heterocycles. The van der Waals surface area contributed by atoms with E-state index in [2.05, 4.69) is 11.4 Å². The van der Waals surface area contributed by atoms with Gasteiger partial charge in [0.1, 0.15) is 0 Å². The molecule has 0 saturated heterocycles. The molecule has 0 saturated carbocycles. The molecule has 0 spiro atoms. The molecule has 0 aromatic heterocycles. The van der Waals surface area contributed by atoms with Crippen molar-refractivity contribution >= 4 is 11.6 Å². The Balaban J connectivity index is 2.13. The van der Waals surface area contributed by atoms with Crippen LogP contribution in [0.15, 0.2) is 24.3 Å². The lowest BCUT2D eigenvalue weighted by molar-refractivity contribution is 0.422. The zero-order valence-electron chi connectivity index (χ0n) is 11.2. The first-order valence-corrected chi connectivity index (χ1v) is 6.78. The smallest absolute Gasteiger partial charge is 0.0683 e. The molecular weight excluding hydrogens is 244 g/mol. The second-order valence-corrected chi connectivity index (χ2v) is 5.63. The van der Waals surface area contributed by atoms with Gasteiger partial charge in [-0.15, -0.1) is 0 Å². The number of unbranched alkanes of at least 4 members (excludes halogenated alkanes) is 1. The third kappa shape index (κ3) is 5.53. The Labute approximate surface area is 115 Å². The predicted molar refractivity (Wildman–Crippen MR) is 76.4 cm³/mol. The van der Waals surface area contributed by atoms with Gasteiger partial charge in [0.25, 0.3) is 0 Å². The van der Waals surface area contributed by atoms with E-state index in [4.69, 9.17) is 16.9 Å². The number of halogens is 1. The fourth-order valence-corrected chi connectivity index (χ4v) is 1.94. The standard InChI is InChI=1S/C15H21ClN2/c1-15(2,12-17)9-5-6-10-18-11-13-7-3-4-8-14(13)16/h3-4,7-8,18H,5-6,9-11H2,1-2H3. The average Bonchev–Trinajstić information content (AvgIpc) is 2.35. The monoisotopic (exact) mass is 264 g/mol. The molecule has 1 rings (SSSR count). The van der Waals surface area contributed by atoms with Crippen LogP contribution in [0.5, 0.6) is 0 Å². The van der Waals surface area contributed by atoms with Gasteiger partial charge in [0.05, 0.1) is 11.5 Å². The first kappa shape index (κ1) is 15.0. The van der Waals surface area contributed by atoms with Gasteiger partial charge in [0.15, 0.2) is 0 Å². The zero-order chi connectivity index (χ0) is 13.4. The number of nitrogens with zero attached hydrogens (tertiary/aromatic N) is 1. The van der Waals surface area contributed by atoms with Crippen LogP contribution in [0, 0.1) is 16.7 Å². The van der Waals surface area contributed by atoms with Crippen molar-refractivity contribution in [2.45, 2.75) is 39.7 Å². The first-order chi connectivity index (χ1) is 8.55. The lowest BCUT2D eigenvalue weighted by atomic mass is 9.89. The van der Waals surface area contributed by atoms with Crippen LogP contribution in [0.25, 0.3) is 0 Å². The molecule has 1 aromatic rings. The van der Waals surface area contributed by atoms with Crippen LogP contribution in [0.2, 0.25) is 5.02 Å². The summed E-state index contributed by atoms with van der Waals surface area (Å²) in [6.45, 7) is 5.75. The van der Waals surface area contributed by atoms with Crippen molar-refractivity contribution in [2.24, 2.45) is 5.41 Å². The molecule has 0 atom stereocenters. The molecule has 0 fully saturated rings. The van der Waals surface area contributed by atoms with E-state index in [-0.39, 0.29) is 5.41 Å². The zero-order valence-corrected chi connectivity index (χ0v) is 11.9. The maximum Gasteiger partial charge on any atom is 0.0683 e. The number of rotatable bonds is 7. The normalized spacial score (nSPS) is 11.2. The summed E-state index contributed by atoms with van der Waals surface area (Å²) >= 11 is 6.07. The molecule has 0 amide bonds. The largest absolute Gasteiger partial charge is 0.313 e. The Morgan fingerprint density at radius 3 is 2.67 bits per heavy atom.